The zero-order valence-electron chi connectivity index (χ0n) is 17.5. The maximum absolute atomic E-state index is 12.6. The van der Waals surface area contributed by atoms with E-state index in [1.807, 2.05) is 36.9 Å². The molecule has 0 unspecified atom stereocenters. The number of benzene rings is 1. The Hall–Kier alpha value is -1.92. The summed E-state index contributed by atoms with van der Waals surface area (Å²) in [7, 11) is 0. The minimum Gasteiger partial charge on any atom is -0.339 e. The predicted octanol–water partition coefficient (Wildman–Crippen LogP) is 2.26. The highest BCUT2D eigenvalue weighted by molar-refractivity contribution is 5.93. The first kappa shape index (κ1) is 20.8. The second-order valence-electron chi connectivity index (χ2n) is 8.29. The normalized spacial score (nSPS) is 21.5. The van der Waals surface area contributed by atoms with Gasteiger partial charge in [-0.3, -0.25) is 19.4 Å². The molecule has 2 fully saturated rings. The van der Waals surface area contributed by atoms with Crippen molar-refractivity contribution in [1.82, 2.24) is 14.7 Å². The summed E-state index contributed by atoms with van der Waals surface area (Å²) in [4.78, 5) is 31.5. The predicted molar refractivity (Wildman–Crippen MR) is 112 cm³/mol. The molecule has 2 aliphatic heterocycles. The Balaban J connectivity index is 1.43. The Morgan fingerprint density at radius 2 is 1.68 bits per heavy atom. The van der Waals surface area contributed by atoms with Gasteiger partial charge in [0, 0.05) is 37.9 Å². The number of aryl methyl sites for hydroxylation is 2. The van der Waals surface area contributed by atoms with Gasteiger partial charge in [-0.05, 0) is 51.3 Å². The van der Waals surface area contributed by atoms with Crippen LogP contribution < -0.4 is 5.32 Å². The molecule has 3 rings (SSSR count). The molecule has 1 aromatic carbocycles. The van der Waals surface area contributed by atoms with Gasteiger partial charge in [-0.2, -0.15) is 0 Å². The first-order chi connectivity index (χ1) is 13.4. The summed E-state index contributed by atoms with van der Waals surface area (Å²) in [6.45, 7) is 11.1. The van der Waals surface area contributed by atoms with Crippen molar-refractivity contribution >= 4 is 17.5 Å². The number of piperazine rings is 1. The summed E-state index contributed by atoms with van der Waals surface area (Å²) in [5.74, 6) is 0.243. The molecule has 1 aromatic rings. The lowest BCUT2D eigenvalue weighted by Crippen LogP contribution is -2.53. The van der Waals surface area contributed by atoms with Crippen molar-refractivity contribution in [2.45, 2.75) is 46.1 Å². The number of nitrogens with one attached hydrogen (secondary N) is 1. The highest BCUT2D eigenvalue weighted by atomic mass is 16.2. The van der Waals surface area contributed by atoms with Crippen LogP contribution in [0, 0.1) is 13.8 Å². The fourth-order valence-corrected chi connectivity index (χ4v) is 4.22. The lowest BCUT2D eigenvalue weighted by Gasteiger charge is -2.37. The number of hydrogen-bond donors (Lipinski definition) is 1. The van der Waals surface area contributed by atoms with E-state index in [0.29, 0.717) is 32.2 Å². The molecular formula is C22H34N4O2. The van der Waals surface area contributed by atoms with Gasteiger partial charge in [0.25, 0.3) is 0 Å². The summed E-state index contributed by atoms with van der Waals surface area (Å²) in [5, 5.41) is 3.05. The fourth-order valence-electron chi connectivity index (χ4n) is 4.22. The third-order valence-electron chi connectivity index (χ3n) is 6.12. The second-order valence-corrected chi connectivity index (χ2v) is 8.29. The maximum Gasteiger partial charge on any atom is 0.238 e. The van der Waals surface area contributed by atoms with E-state index in [0.717, 1.165) is 36.4 Å². The smallest absolute Gasteiger partial charge is 0.238 e. The maximum atomic E-state index is 12.6. The van der Waals surface area contributed by atoms with Crippen molar-refractivity contribution in [3.63, 3.8) is 0 Å². The largest absolute Gasteiger partial charge is 0.339 e. The molecule has 0 bridgehead atoms. The Labute approximate surface area is 168 Å². The molecule has 1 N–H and O–H groups in total. The Morgan fingerprint density at radius 1 is 1.00 bits per heavy atom. The van der Waals surface area contributed by atoms with Gasteiger partial charge in [-0.1, -0.05) is 24.6 Å². The van der Waals surface area contributed by atoms with Crippen molar-refractivity contribution in [2.75, 3.05) is 51.1 Å². The number of likely N-dealkylation sites (tertiary alicyclic amines) is 1. The number of nitrogens with zero attached hydrogens (tertiary/aromatic N) is 3. The molecule has 2 heterocycles. The van der Waals surface area contributed by atoms with Crippen LogP contribution in [0.3, 0.4) is 0 Å². The van der Waals surface area contributed by atoms with Gasteiger partial charge >= 0.3 is 0 Å². The summed E-state index contributed by atoms with van der Waals surface area (Å²) in [5.41, 5.74) is 3.07. The molecule has 0 aliphatic carbocycles. The number of amides is 2. The van der Waals surface area contributed by atoms with Crippen molar-refractivity contribution in [3.8, 4) is 0 Å². The van der Waals surface area contributed by atoms with E-state index in [1.165, 1.54) is 19.3 Å². The summed E-state index contributed by atoms with van der Waals surface area (Å²) in [6, 6.07) is 6.53. The molecule has 154 valence electrons. The topological polar surface area (TPSA) is 55.9 Å². The Kier molecular flexibility index (Phi) is 7.08. The second kappa shape index (κ2) is 9.52. The fraction of sp³-hybridized carbons (Fsp3) is 0.636. The molecule has 0 saturated carbocycles. The number of carbonyl (C=O) groups excluding carboxylic acids is 2. The summed E-state index contributed by atoms with van der Waals surface area (Å²) < 4.78 is 0. The van der Waals surface area contributed by atoms with Crippen LogP contribution in [0.25, 0.3) is 0 Å². The van der Waals surface area contributed by atoms with Crippen LogP contribution in [-0.2, 0) is 9.59 Å². The number of piperidine rings is 1. The molecule has 0 radical (unpaired) electrons. The molecule has 1 atom stereocenters. The van der Waals surface area contributed by atoms with Gasteiger partial charge in [-0.25, -0.2) is 0 Å². The summed E-state index contributed by atoms with van der Waals surface area (Å²) in [6.07, 6.45) is 3.66. The van der Waals surface area contributed by atoms with E-state index in [4.69, 9.17) is 0 Å². The zero-order valence-corrected chi connectivity index (χ0v) is 17.5. The van der Waals surface area contributed by atoms with Gasteiger partial charge in [0.15, 0.2) is 0 Å². The van der Waals surface area contributed by atoms with E-state index in [-0.39, 0.29) is 11.8 Å². The van der Waals surface area contributed by atoms with E-state index >= 15 is 0 Å². The van der Waals surface area contributed by atoms with Gasteiger partial charge in [-0.15, -0.1) is 0 Å². The number of para-hydroxylation sites is 1. The van der Waals surface area contributed by atoms with Crippen LogP contribution in [0.2, 0.25) is 0 Å². The average Bonchev–Trinajstić information content (AvgIpc) is 2.67. The minimum absolute atomic E-state index is 0.0133. The molecule has 6 nitrogen and oxygen atoms in total. The average molecular weight is 387 g/mol. The Bertz CT molecular complexity index is 678. The van der Waals surface area contributed by atoms with Crippen LogP contribution in [0.5, 0.6) is 0 Å². The SMILES string of the molecule is Cc1cccc(C)c1NC(=O)CN1CCN(C(=O)CN2CCCC[C@@H]2C)CC1. The zero-order chi connectivity index (χ0) is 20.1. The van der Waals surface area contributed by atoms with E-state index in [9.17, 15) is 9.59 Å². The van der Waals surface area contributed by atoms with Crippen LogP contribution in [0.15, 0.2) is 18.2 Å². The summed E-state index contributed by atoms with van der Waals surface area (Å²) >= 11 is 0. The lowest BCUT2D eigenvalue weighted by atomic mass is 10.0. The first-order valence-corrected chi connectivity index (χ1v) is 10.5. The molecule has 2 aliphatic rings. The van der Waals surface area contributed by atoms with Gasteiger partial charge in [0.2, 0.25) is 11.8 Å². The van der Waals surface area contributed by atoms with Gasteiger partial charge in [0.05, 0.1) is 13.1 Å². The van der Waals surface area contributed by atoms with Crippen LogP contribution in [-0.4, -0.2) is 78.4 Å². The number of rotatable bonds is 5. The van der Waals surface area contributed by atoms with Gasteiger partial charge < -0.3 is 10.2 Å². The molecule has 2 amide bonds. The van der Waals surface area contributed by atoms with Crippen LogP contribution in [0.4, 0.5) is 5.69 Å². The standard InChI is InChI=1S/C22H34N4O2/c1-17-7-6-8-18(2)22(17)23-20(27)15-24-11-13-25(14-12-24)21(28)16-26-10-5-4-9-19(26)3/h6-8,19H,4-5,9-16H2,1-3H3,(H,23,27)/t19-/m0/s1. The van der Waals surface area contributed by atoms with Crippen molar-refractivity contribution in [1.29, 1.82) is 0 Å². The molecule has 28 heavy (non-hydrogen) atoms. The monoisotopic (exact) mass is 386 g/mol. The molecule has 0 aromatic heterocycles. The van der Waals surface area contributed by atoms with E-state index in [2.05, 4.69) is 22.0 Å². The van der Waals surface area contributed by atoms with E-state index < -0.39 is 0 Å². The first-order valence-electron chi connectivity index (χ1n) is 10.5. The number of hydrogen-bond acceptors (Lipinski definition) is 4. The van der Waals surface area contributed by atoms with Crippen molar-refractivity contribution in [2.24, 2.45) is 0 Å². The van der Waals surface area contributed by atoms with E-state index in [1.54, 1.807) is 0 Å². The third-order valence-corrected chi connectivity index (χ3v) is 6.12. The van der Waals surface area contributed by atoms with Crippen LogP contribution >= 0.6 is 0 Å². The molecule has 0 spiro atoms. The highest BCUT2D eigenvalue weighted by Gasteiger charge is 2.26. The minimum atomic E-state index is 0.0133. The molecule has 6 heteroatoms. The van der Waals surface area contributed by atoms with Crippen LogP contribution in [0.1, 0.15) is 37.3 Å². The third kappa shape index (κ3) is 5.32. The number of carbonyl (C=O) groups is 2. The molecule has 2 saturated heterocycles. The van der Waals surface area contributed by atoms with Gasteiger partial charge in [0.1, 0.15) is 0 Å². The Morgan fingerprint density at radius 3 is 2.32 bits per heavy atom. The van der Waals surface area contributed by atoms with Crippen molar-refractivity contribution < 1.29 is 9.59 Å². The highest BCUT2D eigenvalue weighted by Crippen LogP contribution is 2.19. The number of anilines is 1. The quantitative estimate of drug-likeness (QED) is 0.843. The molecular weight excluding hydrogens is 352 g/mol. The van der Waals surface area contributed by atoms with Crippen molar-refractivity contribution in [3.05, 3.63) is 29.3 Å². The lowest BCUT2D eigenvalue weighted by molar-refractivity contribution is -0.135.